The number of nitrogens with one attached hydrogen (secondary N) is 1. The predicted octanol–water partition coefficient (Wildman–Crippen LogP) is 2.91. The Balaban J connectivity index is 1.89. The van der Waals surface area contributed by atoms with Gasteiger partial charge in [-0.05, 0) is 26.0 Å². The second-order valence-corrected chi connectivity index (χ2v) is 6.47. The van der Waals surface area contributed by atoms with Crippen LogP contribution in [0.3, 0.4) is 0 Å². The van der Waals surface area contributed by atoms with Gasteiger partial charge in [0, 0.05) is 30.6 Å². The van der Waals surface area contributed by atoms with Crippen molar-refractivity contribution >= 4 is 17.2 Å². The third kappa shape index (κ3) is 2.98. The van der Waals surface area contributed by atoms with Gasteiger partial charge in [-0.15, -0.1) is 11.3 Å². The minimum atomic E-state index is -0.678. The summed E-state index contributed by atoms with van der Waals surface area (Å²) in [5, 5.41) is 5.04. The molecule has 0 bridgehead atoms. The molecule has 2 heterocycles. The van der Waals surface area contributed by atoms with Crippen LogP contribution in [0.1, 0.15) is 24.3 Å². The van der Waals surface area contributed by atoms with Crippen LogP contribution >= 0.6 is 11.3 Å². The zero-order valence-corrected chi connectivity index (χ0v) is 13.7. The number of halogens is 2. The number of thiazole rings is 1. The number of nitrogens with zero attached hydrogens (tertiary/aromatic N) is 2. The number of carbonyl (C=O) groups excluding carboxylic acids is 1. The molecule has 1 aromatic heterocycles. The molecule has 0 saturated carbocycles. The van der Waals surface area contributed by atoms with Crippen LogP contribution in [0.5, 0.6) is 0 Å². The van der Waals surface area contributed by atoms with Gasteiger partial charge in [0.05, 0.1) is 5.56 Å². The summed E-state index contributed by atoms with van der Waals surface area (Å²) in [6.45, 7) is 5.30. The van der Waals surface area contributed by atoms with E-state index in [-0.39, 0.29) is 34.3 Å². The van der Waals surface area contributed by atoms with E-state index in [1.807, 2.05) is 13.8 Å². The van der Waals surface area contributed by atoms with Crippen molar-refractivity contribution in [3.8, 4) is 10.6 Å². The highest BCUT2D eigenvalue weighted by molar-refractivity contribution is 7.13. The van der Waals surface area contributed by atoms with Crippen molar-refractivity contribution < 1.29 is 13.6 Å². The largest absolute Gasteiger partial charge is 0.332 e. The van der Waals surface area contributed by atoms with Crippen molar-refractivity contribution in [1.29, 1.82) is 0 Å². The molecule has 7 heteroatoms. The Morgan fingerprint density at radius 1 is 1.35 bits per heavy atom. The lowest BCUT2D eigenvalue weighted by atomic mass is 10.1. The van der Waals surface area contributed by atoms with E-state index in [0.717, 1.165) is 17.9 Å². The molecule has 1 aromatic carbocycles. The first-order chi connectivity index (χ1) is 11.0. The molecule has 1 fully saturated rings. The Labute approximate surface area is 137 Å². The zero-order valence-electron chi connectivity index (χ0n) is 12.8. The highest BCUT2D eigenvalue weighted by Gasteiger charge is 2.30. The van der Waals surface area contributed by atoms with Gasteiger partial charge in [0.1, 0.15) is 22.3 Å². The highest BCUT2D eigenvalue weighted by Crippen LogP contribution is 2.29. The molecule has 122 valence electrons. The van der Waals surface area contributed by atoms with Crippen molar-refractivity contribution in [1.82, 2.24) is 15.2 Å². The fraction of sp³-hybridized carbons (Fsp3) is 0.375. The van der Waals surface area contributed by atoms with E-state index in [0.29, 0.717) is 6.54 Å². The number of aromatic nitrogens is 1. The second-order valence-electron chi connectivity index (χ2n) is 5.62. The van der Waals surface area contributed by atoms with E-state index < -0.39 is 11.6 Å². The lowest BCUT2D eigenvalue weighted by molar-refractivity contribution is 0.0598. The molecule has 4 nitrogen and oxygen atoms in total. The van der Waals surface area contributed by atoms with Crippen LogP contribution in [0.4, 0.5) is 8.78 Å². The maximum Gasteiger partial charge on any atom is 0.273 e. The topological polar surface area (TPSA) is 45.2 Å². The Bertz CT molecular complexity index is 714. The van der Waals surface area contributed by atoms with E-state index >= 15 is 0 Å². The molecule has 1 N–H and O–H groups in total. The molecule has 3 rings (SSSR count). The third-order valence-corrected chi connectivity index (χ3v) is 5.05. The molecule has 23 heavy (non-hydrogen) atoms. The van der Waals surface area contributed by atoms with Gasteiger partial charge in [0.25, 0.3) is 5.91 Å². The molecule has 1 amide bonds. The summed E-state index contributed by atoms with van der Waals surface area (Å²) < 4.78 is 27.7. The fourth-order valence-corrected chi connectivity index (χ4v) is 3.52. The molecular weight excluding hydrogens is 320 g/mol. The molecule has 1 saturated heterocycles. The van der Waals surface area contributed by atoms with Crippen molar-refractivity contribution in [2.75, 3.05) is 13.1 Å². The average Bonchev–Trinajstić information content (AvgIpc) is 2.99. The van der Waals surface area contributed by atoms with Crippen molar-refractivity contribution in [2.45, 2.75) is 25.9 Å². The average molecular weight is 337 g/mol. The van der Waals surface area contributed by atoms with Gasteiger partial charge >= 0.3 is 0 Å². The van der Waals surface area contributed by atoms with E-state index in [1.54, 1.807) is 10.3 Å². The van der Waals surface area contributed by atoms with Gasteiger partial charge < -0.3 is 10.2 Å². The highest BCUT2D eigenvalue weighted by atomic mass is 32.1. The number of carbonyl (C=O) groups is 1. The Kier molecular flexibility index (Phi) is 4.41. The number of rotatable bonds is 2. The summed E-state index contributed by atoms with van der Waals surface area (Å²) in [6, 6.07) is 3.89. The van der Waals surface area contributed by atoms with E-state index in [2.05, 4.69) is 10.3 Å². The second kappa shape index (κ2) is 6.33. The monoisotopic (exact) mass is 337 g/mol. The molecule has 1 aliphatic heterocycles. The molecular formula is C16H17F2N3OS. The van der Waals surface area contributed by atoms with Crippen LogP contribution < -0.4 is 5.32 Å². The zero-order chi connectivity index (χ0) is 16.6. The van der Waals surface area contributed by atoms with Crippen LogP contribution in [0.2, 0.25) is 0 Å². The fourth-order valence-electron chi connectivity index (χ4n) is 2.68. The van der Waals surface area contributed by atoms with Crippen LogP contribution in [0, 0.1) is 11.6 Å². The summed E-state index contributed by atoms with van der Waals surface area (Å²) in [5.41, 5.74) is 0.0480. The van der Waals surface area contributed by atoms with Crippen LogP contribution in [0.25, 0.3) is 10.6 Å². The summed E-state index contributed by atoms with van der Waals surface area (Å²) in [4.78, 5) is 18.5. The Morgan fingerprint density at radius 2 is 2.04 bits per heavy atom. The molecule has 1 aliphatic rings. The summed E-state index contributed by atoms with van der Waals surface area (Å²) in [7, 11) is 0. The first kappa shape index (κ1) is 16.0. The molecule has 2 aromatic rings. The summed E-state index contributed by atoms with van der Waals surface area (Å²) in [5.74, 6) is -1.56. The van der Waals surface area contributed by atoms with Crippen molar-refractivity contribution in [3.63, 3.8) is 0 Å². The Morgan fingerprint density at radius 3 is 2.74 bits per heavy atom. The minimum Gasteiger partial charge on any atom is -0.332 e. The normalized spacial score (nSPS) is 21.5. The van der Waals surface area contributed by atoms with Crippen LogP contribution in [0.15, 0.2) is 23.6 Å². The number of hydrogen-bond donors (Lipinski definition) is 1. The van der Waals surface area contributed by atoms with Gasteiger partial charge in [-0.2, -0.15) is 0 Å². The lowest BCUT2D eigenvalue weighted by Gasteiger charge is -2.38. The van der Waals surface area contributed by atoms with Crippen molar-refractivity contribution in [2.24, 2.45) is 0 Å². The minimum absolute atomic E-state index is 0.0339. The maximum atomic E-state index is 13.8. The SMILES string of the molecule is CC1NCCN(C(=O)c2csc(-c3c(F)cccc3F)n2)C1C. The number of benzene rings is 1. The summed E-state index contributed by atoms with van der Waals surface area (Å²) in [6.07, 6.45) is 0. The maximum absolute atomic E-state index is 13.8. The van der Waals surface area contributed by atoms with Gasteiger partial charge in [-0.3, -0.25) is 4.79 Å². The Hall–Kier alpha value is -1.86. The first-order valence-corrected chi connectivity index (χ1v) is 8.31. The van der Waals surface area contributed by atoms with Gasteiger partial charge in [0.2, 0.25) is 0 Å². The van der Waals surface area contributed by atoms with Gasteiger partial charge in [-0.1, -0.05) is 6.07 Å². The molecule has 0 spiro atoms. The van der Waals surface area contributed by atoms with Gasteiger partial charge in [-0.25, -0.2) is 13.8 Å². The molecule has 0 radical (unpaired) electrons. The molecule has 2 unspecified atom stereocenters. The van der Waals surface area contributed by atoms with E-state index in [9.17, 15) is 13.6 Å². The van der Waals surface area contributed by atoms with E-state index in [1.165, 1.54) is 18.2 Å². The predicted molar refractivity (Wildman–Crippen MR) is 85.4 cm³/mol. The van der Waals surface area contributed by atoms with Crippen LogP contribution in [-0.4, -0.2) is 41.0 Å². The standard InChI is InChI=1S/C16H17F2N3OS/c1-9-10(2)21(7-6-19-9)16(22)13-8-23-15(20-13)14-11(17)4-3-5-12(14)18/h3-5,8-10,19H,6-7H2,1-2H3. The number of piperazine rings is 1. The number of hydrogen-bond acceptors (Lipinski definition) is 4. The summed E-state index contributed by atoms with van der Waals surface area (Å²) >= 11 is 1.07. The van der Waals surface area contributed by atoms with Gasteiger partial charge in [0.15, 0.2) is 0 Å². The van der Waals surface area contributed by atoms with Crippen LogP contribution in [-0.2, 0) is 0 Å². The number of amides is 1. The molecule has 2 atom stereocenters. The lowest BCUT2D eigenvalue weighted by Crippen LogP contribution is -2.57. The quantitative estimate of drug-likeness (QED) is 0.916. The first-order valence-electron chi connectivity index (χ1n) is 7.43. The smallest absolute Gasteiger partial charge is 0.273 e. The third-order valence-electron chi connectivity index (χ3n) is 4.20. The molecule has 0 aliphatic carbocycles. The van der Waals surface area contributed by atoms with E-state index in [4.69, 9.17) is 0 Å². The van der Waals surface area contributed by atoms with Crippen molar-refractivity contribution in [3.05, 3.63) is 40.9 Å².